The molecule has 4 rings (SSSR count). The standard InChI is InChI=1S/C18H12N4O3S2/c23-15(9-22-16(24)11-5-1-2-6-12(11)17(22)25)20-13-7-3-4-8-14(13)27-18-21-19-10-26-18/h1-8,10H,9H2,(H,20,23). The van der Waals surface area contributed by atoms with Crippen molar-refractivity contribution in [3.63, 3.8) is 0 Å². The van der Waals surface area contributed by atoms with Crippen molar-refractivity contribution >= 4 is 46.5 Å². The molecule has 0 atom stereocenters. The van der Waals surface area contributed by atoms with Crippen LogP contribution < -0.4 is 5.32 Å². The van der Waals surface area contributed by atoms with E-state index in [9.17, 15) is 14.4 Å². The lowest BCUT2D eigenvalue weighted by molar-refractivity contribution is -0.116. The zero-order valence-electron chi connectivity index (χ0n) is 13.8. The Kier molecular flexibility index (Phi) is 4.69. The highest BCUT2D eigenvalue weighted by atomic mass is 32.2. The Morgan fingerprint density at radius 2 is 1.70 bits per heavy atom. The maximum absolute atomic E-state index is 12.5. The highest BCUT2D eigenvalue weighted by molar-refractivity contribution is 8.01. The molecule has 134 valence electrons. The quantitative estimate of drug-likeness (QED) is 0.667. The molecule has 3 aromatic rings. The predicted octanol–water partition coefficient (Wildman–Crippen LogP) is 2.92. The molecule has 1 aliphatic heterocycles. The number of rotatable bonds is 5. The van der Waals surface area contributed by atoms with Crippen molar-refractivity contribution in [2.24, 2.45) is 0 Å². The molecule has 0 radical (unpaired) electrons. The van der Waals surface area contributed by atoms with Crippen LogP contribution in [0.25, 0.3) is 0 Å². The molecule has 1 aromatic heterocycles. The number of hydrogen-bond donors (Lipinski definition) is 1. The number of amides is 3. The summed E-state index contributed by atoms with van der Waals surface area (Å²) < 4.78 is 0.747. The van der Waals surface area contributed by atoms with Crippen LogP contribution in [0, 0.1) is 0 Å². The highest BCUT2D eigenvalue weighted by Crippen LogP contribution is 2.34. The average molecular weight is 396 g/mol. The Morgan fingerprint density at radius 1 is 1.04 bits per heavy atom. The molecular weight excluding hydrogens is 384 g/mol. The van der Waals surface area contributed by atoms with Crippen LogP contribution in [0.15, 0.2) is 63.3 Å². The third kappa shape index (κ3) is 3.46. The minimum absolute atomic E-state index is 0.322. The number of para-hydroxylation sites is 1. The molecule has 0 spiro atoms. The average Bonchev–Trinajstić information content (AvgIpc) is 3.27. The molecule has 2 heterocycles. The van der Waals surface area contributed by atoms with Gasteiger partial charge < -0.3 is 5.32 Å². The number of nitrogens with zero attached hydrogens (tertiary/aromatic N) is 3. The van der Waals surface area contributed by atoms with Gasteiger partial charge in [0.1, 0.15) is 12.1 Å². The Labute approximate surface area is 162 Å². The number of benzene rings is 2. The number of carbonyl (C=O) groups excluding carboxylic acids is 3. The molecule has 0 bridgehead atoms. The van der Waals surface area contributed by atoms with Gasteiger partial charge in [0, 0.05) is 4.90 Å². The summed E-state index contributed by atoms with van der Waals surface area (Å²) >= 11 is 2.77. The molecule has 0 fully saturated rings. The number of carbonyl (C=O) groups is 3. The van der Waals surface area contributed by atoms with E-state index in [1.165, 1.54) is 23.1 Å². The summed E-state index contributed by atoms with van der Waals surface area (Å²) in [4.78, 5) is 39.0. The van der Waals surface area contributed by atoms with E-state index < -0.39 is 17.7 Å². The van der Waals surface area contributed by atoms with Crippen LogP contribution >= 0.6 is 23.1 Å². The van der Waals surface area contributed by atoms with Crippen LogP contribution in [-0.4, -0.2) is 39.4 Å². The van der Waals surface area contributed by atoms with Crippen molar-refractivity contribution in [3.8, 4) is 0 Å². The minimum atomic E-state index is -0.456. The molecule has 3 amide bonds. The van der Waals surface area contributed by atoms with E-state index in [1.54, 1.807) is 41.9 Å². The molecule has 1 aliphatic rings. The van der Waals surface area contributed by atoms with Crippen molar-refractivity contribution in [2.75, 3.05) is 11.9 Å². The first-order valence-corrected chi connectivity index (χ1v) is 9.61. The van der Waals surface area contributed by atoms with E-state index in [2.05, 4.69) is 15.5 Å². The summed E-state index contributed by atoms with van der Waals surface area (Å²) in [7, 11) is 0. The summed E-state index contributed by atoms with van der Waals surface area (Å²) in [6.07, 6.45) is 0. The second-order valence-electron chi connectivity index (χ2n) is 5.59. The lowest BCUT2D eigenvalue weighted by Gasteiger charge is -2.15. The van der Waals surface area contributed by atoms with Crippen molar-refractivity contribution in [1.82, 2.24) is 15.1 Å². The second kappa shape index (κ2) is 7.29. The molecular formula is C18H12N4O3S2. The Balaban J connectivity index is 1.48. The first-order valence-electron chi connectivity index (χ1n) is 7.91. The number of anilines is 1. The first kappa shape index (κ1) is 17.4. The number of hydrogen-bond acceptors (Lipinski definition) is 7. The van der Waals surface area contributed by atoms with Crippen LogP contribution in [0.2, 0.25) is 0 Å². The van der Waals surface area contributed by atoms with Crippen molar-refractivity contribution < 1.29 is 14.4 Å². The van der Waals surface area contributed by atoms with E-state index in [0.29, 0.717) is 16.8 Å². The van der Waals surface area contributed by atoms with Gasteiger partial charge in [-0.05, 0) is 24.3 Å². The number of fused-ring (bicyclic) bond motifs is 1. The van der Waals surface area contributed by atoms with E-state index >= 15 is 0 Å². The van der Waals surface area contributed by atoms with Crippen LogP contribution in [0.3, 0.4) is 0 Å². The number of imide groups is 1. The van der Waals surface area contributed by atoms with E-state index in [-0.39, 0.29) is 6.54 Å². The predicted molar refractivity (Wildman–Crippen MR) is 101 cm³/mol. The van der Waals surface area contributed by atoms with Gasteiger partial charge in [-0.15, -0.1) is 10.2 Å². The molecule has 7 nitrogen and oxygen atoms in total. The first-order chi connectivity index (χ1) is 13.1. The summed E-state index contributed by atoms with van der Waals surface area (Å²) in [5, 5.41) is 10.5. The van der Waals surface area contributed by atoms with Crippen LogP contribution in [-0.2, 0) is 4.79 Å². The van der Waals surface area contributed by atoms with E-state index in [1.807, 2.05) is 12.1 Å². The summed E-state index contributed by atoms with van der Waals surface area (Å²) in [5.41, 5.74) is 2.86. The summed E-state index contributed by atoms with van der Waals surface area (Å²) in [6, 6.07) is 13.8. The maximum Gasteiger partial charge on any atom is 0.262 e. The highest BCUT2D eigenvalue weighted by Gasteiger charge is 2.36. The zero-order chi connectivity index (χ0) is 18.8. The molecule has 1 N–H and O–H groups in total. The Morgan fingerprint density at radius 3 is 2.37 bits per heavy atom. The van der Waals surface area contributed by atoms with E-state index in [4.69, 9.17) is 0 Å². The van der Waals surface area contributed by atoms with Gasteiger partial charge in [0.05, 0.1) is 16.8 Å². The third-order valence-electron chi connectivity index (χ3n) is 3.88. The molecule has 0 saturated carbocycles. The molecule has 27 heavy (non-hydrogen) atoms. The lowest BCUT2D eigenvalue weighted by Crippen LogP contribution is -2.37. The van der Waals surface area contributed by atoms with Crippen LogP contribution in [0.1, 0.15) is 20.7 Å². The minimum Gasteiger partial charge on any atom is -0.323 e. The smallest absolute Gasteiger partial charge is 0.262 e. The monoisotopic (exact) mass is 396 g/mol. The van der Waals surface area contributed by atoms with Crippen LogP contribution in [0.4, 0.5) is 5.69 Å². The topological polar surface area (TPSA) is 92.3 Å². The Hall–Kier alpha value is -3.04. The molecule has 0 aliphatic carbocycles. The van der Waals surface area contributed by atoms with Crippen LogP contribution in [0.5, 0.6) is 0 Å². The van der Waals surface area contributed by atoms with Crippen molar-refractivity contribution in [1.29, 1.82) is 0 Å². The fourth-order valence-corrected chi connectivity index (χ4v) is 4.20. The molecule has 0 unspecified atom stereocenters. The number of nitrogens with one attached hydrogen (secondary N) is 1. The van der Waals surface area contributed by atoms with Gasteiger partial charge in [-0.2, -0.15) is 0 Å². The number of aromatic nitrogens is 2. The maximum atomic E-state index is 12.5. The SMILES string of the molecule is O=C(CN1C(=O)c2ccccc2C1=O)Nc1ccccc1Sc1nncs1. The van der Waals surface area contributed by atoms with Gasteiger partial charge >= 0.3 is 0 Å². The summed E-state index contributed by atoms with van der Waals surface area (Å²) in [5.74, 6) is -1.36. The molecule has 2 aromatic carbocycles. The van der Waals surface area contributed by atoms with Crippen molar-refractivity contribution in [2.45, 2.75) is 9.24 Å². The molecule has 0 saturated heterocycles. The van der Waals surface area contributed by atoms with Gasteiger partial charge in [0.2, 0.25) is 5.91 Å². The van der Waals surface area contributed by atoms with Gasteiger partial charge in [0.15, 0.2) is 4.34 Å². The van der Waals surface area contributed by atoms with E-state index in [0.717, 1.165) is 14.1 Å². The fraction of sp³-hybridized carbons (Fsp3) is 0.0556. The van der Waals surface area contributed by atoms with Gasteiger partial charge in [-0.1, -0.05) is 47.4 Å². The largest absolute Gasteiger partial charge is 0.323 e. The van der Waals surface area contributed by atoms with Gasteiger partial charge in [0.25, 0.3) is 11.8 Å². The third-order valence-corrected chi connectivity index (χ3v) is 5.73. The van der Waals surface area contributed by atoms with Gasteiger partial charge in [-0.25, -0.2) is 0 Å². The molecule has 9 heteroatoms. The fourth-order valence-electron chi connectivity index (χ4n) is 2.68. The second-order valence-corrected chi connectivity index (χ2v) is 7.72. The Bertz CT molecular complexity index is 1000. The summed E-state index contributed by atoms with van der Waals surface area (Å²) in [6.45, 7) is -0.343. The van der Waals surface area contributed by atoms with Crippen molar-refractivity contribution in [3.05, 3.63) is 65.2 Å². The normalized spacial score (nSPS) is 13.0. The van der Waals surface area contributed by atoms with Gasteiger partial charge in [-0.3, -0.25) is 19.3 Å². The lowest BCUT2D eigenvalue weighted by atomic mass is 10.1. The zero-order valence-corrected chi connectivity index (χ0v) is 15.4.